The van der Waals surface area contributed by atoms with Crippen LogP contribution in [0.3, 0.4) is 0 Å². The summed E-state index contributed by atoms with van der Waals surface area (Å²) in [5.74, 6) is 1.93. The Bertz CT molecular complexity index is 48.5. The van der Waals surface area contributed by atoms with Gasteiger partial charge in [-0.15, -0.1) is 0 Å². The average Bonchev–Trinajstić information content (AvgIpc) is 1.91. The Morgan fingerprint density at radius 3 is 2.33 bits per heavy atom. The molecule has 0 saturated carbocycles. The Morgan fingerprint density at radius 1 is 1.33 bits per heavy atom. The SMILES string of the molecule is CCCC[C@H](CC)CS. The zero-order chi connectivity index (χ0) is 7.11. The van der Waals surface area contributed by atoms with Crippen molar-refractivity contribution in [3.05, 3.63) is 0 Å². The molecule has 0 aliphatic heterocycles. The highest BCUT2D eigenvalue weighted by Gasteiger charge is 2.00. The van der Waals surface area contributed by atoms with Crippen LogP contribution in [0.1, 0.15) is 39.5 Å². The molecular weight excluding hydrogens is 128 g/mol. The van der Waals surface area contributed by atoms with Gasteiger partial charge in [0.05, 0.1) is 0 Å². The van der Waals surface area contributed by atoms with Gasteiger partial charge in [0, 0.05) is 0 Å². The second-order valence-corrected chi connectivity index (χ2v) is 2.96. The van der Waals surface area contributed by atoms with E-state index in [4.69, 9.17) is 0 Å². The number of hydrogen-bond acceptors (Lipinski definition) is 1. The quantitative estimate of drug-likeness (QED) is 0.566. The summed E-state index contributed by atoms with van der Waals surface area (Å²) in [6.45, 7) is 4.49. The Morgan fingerprint density at radius 2 is 2.00 bits per heavy atom. The molecule has 0 rings (SSSR count). The van der Waals surface area contributed by atoms with Crippen LogP contribution in [-0.2, 0) is 0 Å². The molecule has 0 N–H and O–H groups in total. The zero-order valence-electron chi connectivity index (χ0n) is 6.56. The van der Waals surface area contributed by atoms with Gasteiger partial charge in [-0.1, -0.05) is 33.1 Å². The van der Waals surface area contributed by atoms with Crippen LogP contribution in [0.15, 0.2) is 0 Å². The van der Waals surface area contributed by atoms with Crippen LogP contribution in [-0.4, -0.2) is 5.75 Å². The lowest BCUT2D eigenvalue weighted by Gasteiger charge is -2.09. The van der Waals surface area contributed by atoms with E-state index in [9.17, 15) is 0 Å². The highest BCUT2D eigenvalue weighted by atomic mass is 32.1. The van der Waals surface area contributed by atoms with Crippen molar-refractivity contribution in [2.75, 3.05) is 5.75 Å². The van der Waals surface area contributed by atoms with Crippen molar-refractivity contribution in [2.45, 2.75) is 39.5 Å². The van der Waals surface area contributed by atoms with Crippen LogP contribution in [0, 0.1) is 5.92 Å². The molecule has 0 saturated heterocycles. The van der Waals surface area contributed by atoms with E-state index in [0.717, 1.165) is 11.7 Å². The molecule has 0 fully saturated rings. The molecule has 0 aromatic heterocycles. The third kappa shape index (κ3) is 4.83. The zero-order valence-corrected chi connectivity index (χ0v) is 7.45. The molecule has 0 unspecified atom stereocenters. The molecule has 0 spiro atoms. The van der Waals surface area contributed by atoms with Crippen LogP contribution in [0.25, 0.3) is 0 Å². The predicted molar refractivity (Wildman–Crippen MR) is 47.2 cm³/mol. The molecule has 0 aliphatic rings. The lowest BCUT2D eigenvalue weighted by Crippen LogP contribution is -1.99. The van der Waals surface area contributed by atoms with E-state index in [1.54, 1.807) is 0 Å². The van der Waals surface area contributed by atoms with Crippen LogP contribution in [0.2, 0.25) is 0 Å². The maximum Gasteiger partial charge on any atom is -0.00696 e. The maximum atomic E-state index is 4.27. The van der Waals surface area contributed by atoms with Crippen molar-refractivity contribution in [1.82, 2.24) is 0 Å². The normalized spacial score (nSPS) is 13.7. The Balaban J connectivity index is 3.09. The van der Waals surface area contributed by atoms with Crippen molar-refractivity contribution in [1.29, 1.82) is 0 Å². The van der Waals surface area contributed by atoms with Crippen LogP contribution < -0.4 is 0 Å². The molecule has 56 valence electrons. The molecule has 0 bridgehead atoms. The standard InChI is InChI=1S/C8H18S/c1-3-5-6-8(4-2)7-9/h8-9H,3-7H2,1-2H3/t8-/m0/s1. The van der Waals surface area contributed by atoms with Crippen molar-refractivity contribution in [3.8, 4) is 0 Å². The minimum absolute atomic E-state index is 0.869. The summed E-state index contributed by atoms with van der Waals surface area (Å²) < 4.78 is 0. The first kappa shape index (κ1) is 9.35. The van der Waals surface area contributed by atoms with Gasteiger partial charge in [-0.25, -0.2) is 0 Å². The monoisotopic (exact) mass is 146 g/mol. The first-order valence-corrected chi connectivity index (χ1v) is 4.59. The Hall–Kier alpha value is 0.350. The maximum absolute atomic E-state index is 4.27. The van der Waals surface area contributed by atoms with Crippen molar-refractivity contribution in [2.24, 2.45) is 5.92 Å². The van der Waals surface area contributed by atoms with E-state index in [1.165, 1.54) is 25.7 Å². The summed E-state index contributed by atoms with van der Waals surface area (Å²) in [5.41, 5.74) is 0. The van der Waals surface area contributed by atoms with Gasteiger partial charge < -0.3 is 0 Å². The highest BCUT2D eigenvalue weighted by Crippen LogP contribution is 2.12. The van der Waals surface area contributed by atoms with Crippen LogP contribution in [0.4, 0.5) is 0 Å². The second-order valence-electron chi connectivity index (χ2n) is 2.60. The molecule has 9 heavy (non-hydrogen) atoms. The number of thiol groups is 1. The largest absolute Gasteiger partial charge is 0.179 e. The smallest absolute Gasteiger partial charge is 0.00696 e. The van der Waals surface area contributed by atoms with E-state index in [-0.39, 0.29) is 0 Å². The van der Waals surface area contributed by atoms with E-state index in [1.807, 2.05) is 0 Å². The molecule has 1 heteroatoms. The summed E-state index contributed by atoms with van der Waals surface area (Å²) in [6.07, 6.45) is 5.36. The molecule has 0 heterocycles. The second kappa shape index (κ2) is 6.47. The predicted octanol–water partition coefficient (Wildman–Crippen LogP) is 3.13. The minimum Gasteiger partial charge on any atom is -0.179 e. The van der Waals surface area contributed by atoms with E-state index in [0.29, 0.717) is 0 Å². The number of unbranched alkanes of at least 4 members (excludes halogenated alkanes) is 1. The van der Waals surface area contributed by atoms with E-state index in [2.05, 4.69) is 26.5 Å². The summed E-state index contributed by atoms with van der Waals surface area (Å²) in [7, 11) is 0. The number of hydrogen-bond donors (Lipinski definition) is 1. The molecular formula is C8H18S. The first-order chi connectivity index (χ1) is 4.35. The molecule has 0 radical (unpaired) electrons. The fourth-order valence-electron chi connectivity index (χ4n) is 0.917. The van der Waals surface area contributed by atoms with Crippen LogP contribution >= 0.6 is 12.6 Å². The fraction of sp³-hybridized carbons (Fsp3) is 1.00. The molecule has 1 atom stereocenters. The summed E-state index contributed by atoms with van der Waals surface area (Å²) in [6, 6.07) is 0. The van der Waals surface area contributed by atoms with Gasteiger partial charge in [0.15, 0.2) is 0 Å². The van der Waals surface area contributed by atoms with E-state index >= 15 is 0 Å². The Kier molecular flexibility index (Phi) is 6.72. The van der Waals surface area contributed by atoms with Crippen LogP contribution in [0.5, 0.6) is 0 Å². The van der Waals surface area contributed by atoms with Gasteiger partial charge in [0.2, 0.25) is 0 Å². The fourth-order valence-corrected chi connectivity index (χ4v) is 1.36. The summed E-state index contributed by atoms with van der Waals surface area (Å²) in [4.78, 5) is 0. The number of rotatable bonds is 5. The highest BCUT2D eigenvalue weighted by molar-refractivity contribution is 7.80. The van der Waals surface area contributed by atoms with Crippen molar-refractivity contribution >= 4 is 12.6 Å². The van der Waals surface area contributed by atoms with Gasteiger partial charge in [0.25, 0.3) is 0 Å². The first-order valence-electron chi connectivity index (χ1n) is 3.96. The molecule has 0 aliphatic carbocycles. The van der Waals surface area contributed by atoms with Gasteiger partial charge in [0.1, 0.15) is 0 Å². The van der Waals surface area contributed by atoms with Gasteiger partial charge >= 0.3 is 0 Å². The topological polar surface area (TPSA) is 0 Å². The molecule has 0 aromatic carbocycles. The summed E-state index contributed by atoms with van der Waals surface area (Å²) in [5, 5.41) is 0. The minimum atomic E-state index is 0.869. The van der Waals surface area contributed by atoms with Gasteiger partial charge in [-0.2, -0.15) is 12.6 Å². The third-order valence-corrected chi connectivity index (χ3v) is 2.32. The third-order valence-electron chi connectivity index (χ3n) is 1.80. The van der Waals surface area contributed by atoms with Crippen molar-refractivity contribution in [3.63, 3.8) is 0 Å². The average molecular weight is 146 g/mol. The van der Waals surface area contributed by atoms with Gasteiger partial charge in [-0.05, 0) is 18.1 Å². The molecule has 0 aromatic rings. The lowest BCUT2D eigenvalue weighted by atomic mass is 10.0. The van der Waals surface area contributed by atoms with Crippen molar-refractivity contribution < 1.29 is 0 Å². The molecule has 0 nitrogen and oxygen atoms in total. The van der Waals surface area contributed by atoms with E-state index < -0.39 is 0 Å². The summed E-state index contributed by atoms with van der Waals surface area (Å²) >= 11 is 4.27. The lowest BCUT2D eigenvalue weighted by molar-refractivity contribution is 0.500. The molecule has 0 amide bonds. The Labute approximate surface area is 64.4 Å². The van der Waals surface area contributed by atoms with Gasteiger partial charge in [-0.3, -0.25) is 0 Å².